The fraction of sp³-hybridized carbons (Fsp3) is 0.474. The molecule has 152 valence electrons. The number of piperazine rings is 1. The van der Waals surface area contributed by atoms with Crippen LogP contribution < -0.4 is 0 Å². The number of carbonyl (C=O) groups excluding carboxylic acids is 2. The first-order valence-corrected chi connectivity index (χ1v) is 11.5. The third-order valence-electron chi connectivity index (χ3n) is 5.33. The number of Topliss-reactive ketones (excluding diaryl/α,β-unsaturated/α-hetero) is 2. The number of nitrogens with zero attached hydrogens (tertiary/aromatic N) is 2. The third kappa shape index (κ3) is 3.71. The highest BCUT2D eigenvalue weighted by atomic mass is 32.2. The molecule has 2 aromatic heterocycles. The van der Waals surface area contributed by atoms with E-state index in [2.05, 4.69) is 4.98 Å². The number of carbonyl (C=O) groups is 2. The lowest BCUT2D eigenvalue weighted by atomic mass is 10.0. The van der Waals surface area contributed by atoms with E-state index in [-0.39, 0.29) is 11.6 Å². The zero-order chi connectivity index (χ0) is 20.6. The maximum absolute atomic E-state index is 13.0. The van der Waals surface area contributed by atoms with Gasteiger partial charge in [-0.15, -0.1) is 11.3 Å². The summed E-state index contributed by atoms with van der Waals surface area (Å²) in [5.74, 6) is -0.145. The van der Waals surface area contributed by atoms with Gasteiger partial charge in [0.15, 0.2) is 11.6 Å². The molecule has 1 N–H and O–H groups in total. The molecule has 0 amide bonds. The summed E-state index contributed by atoms with van der Waals surface area (Å²) in [5.41, 5.74) is 2.42. The van der Waals surface area contributed by atoms with E-state index in [0.717, 1.165) is 0 Å². The molecular weight excluding hydrogens is 398 g/mol. The minimum atomic E-state index is -3.46. The van der Waals surface area contributed by atoms with Gasteiger partial charge in [0.1, 0.15) is 4.21 Å². The van der Waals surface area contributed by atoms with Crippen molar-refractivity contribution in [2.75, 3.05) is 26.2 Å². The molecular formula is C19H25N3O4S2. The molecule has 0 radical (unpaired) electrons. The molecule has 0 saturated carbocycles. The van der Waals surface area contributed by atoms with Gasteiger partial charge in [0.05, 0.1) is 11.7 Å². The Hall–Kier alpha value is -1.81. The molecule has 1 unspecified atom stereocenters. The van der Waals surface area contributed by atoms with Crippen molar-refractivity contribution in [3.05, 3.63) is 40.0 Å². The highest BCUT2D eigenvalue weighted by molar-refractivity contribution is 7.91. The van der Waals surface area contributed by atoms with E-state index in [1.54, 1.807) is 31.4 Å². The van der Waals surface area contributed by atoms with E-state index in [1.807, 2.05) is 11.8 Å². The topological polar surface area (TPSA) is 90.6 Å². The van der Waals surface area contributed by atoms with Crippen molar-refractivity contribution < 1.29 is 18.0 Å². The average molecular weight is 424 g/mol. The maximum atomic E-state index is 13.0. The summed E-state index contributed by atoms with van der Waals surface area (Å²) in [5, 5.41) is 1.75. The second-order valence-corrected chi connectivity index (χ2v) is 10.2. The fourth-order valence-electron chi connectivity index (χ4n) is 3.77. The molecule has 1 saturated heterocycles. The van der Waals surface area contributed by atoms with Crippen LogP contribution in [0.5, 0.6) is 0 Å². The van der Waals surface area contributed by atoms with E-state index in [0.29, 0.717) is 52.9 Å². The Bertz CT molecular complexity index is 985. The minimum Gasteiger partial charge on any atom is -0.355 e. The number of aromatic amines is 1. The number of thiophene rings is 1. The number of hydrogen-bond acceptors (Lipinski definition) is 6. The van der Waals surface area contributed by atoms with Crippen LogP contribution in [0.3, 0.4) is 0 Å². The number of H-pyrrole nitrogens is 1. The summed E-state index contributed by atoms with van der Waals surface area (Å²) in [7, 11) is -3.46. The molecule has 0 aromatic carbocycles. The zero-order valence-corrected chi connectivity index (χ0v) is 18.1. The van der Waals surface area contributed by atoms with E-state index in [4.69, 9.17) is 0 Å². The number of ketones is 2. The molecule has 0 aliphatic carbocycles. The van der Waals surface area contributed by atoms with Crippen LogP contribution in [0, 0.1) is 13.8 Å². The highest BCUT2D eigenvalue weighted by Gasteiger charge is 2.33. The number of rotatable bonds is 6. The number of aromatic nitrogens is 1. The molecule has 0 spiro atoms. The molecule has 9 heteroatoms. The number of hydrogen-bond donors (Lipinski definition) is 1. The van der Waals surface area contributed by atoms with Crippen LogP contribution in [0.4, 0.5) is 0 Å². The van der Waals surface area contributed by atoms with Gasteiger partial charge in [-0.1, -0.05) is 6.07 Å². The SMILES string of the molecule is CC(=O)c1c(C)[nH]c(C(=O)C(C)N2CCN(S(=O)(=O)c3cccs3)CC2)c1C. The van der Waals surface area contributed by atoms with Gasteiger partial charge in [0.25, 0.3) is 10.0 Å². The lowest BCUT2D eigenvalue weighted by molar-refractivity contribution is 0.0777. The average Bonchev–Trinajstić information content (AvgIpc) is 3.29. The first-order chi connectivity index (χ1) is 13.1. The first-order valence-electron chi connectivity index (χ1n) is 9.16. The molecule has 1 aliphatic heterocycles. The molecule has 1 atom stereocenters. The van der Waals surface area contributed by atoms with Crippen LogP contribution in [0.2, 0.25) is 0 Å². The summed E-state index contributed by atoms with van der Waals surface area (Å²) in [4.78, 5) is 29.9. The van der Waals surface area contributed by atoms with Crippen LogP contribution in [-0.4, -0.2) is 66.4 Å². The summed E-state index contributed by atoms with van der Waals surface area (Å²) in [6.07, 6.45) is 0. The maximum Gasteiger partial charge on any atom is 0.252 e. The van der Waals surface area contributed by atoms with Crippen molar-refractivity contribution in [2.45, 2.75) is 37.9 Å². The number of nitrogens with one attached hydrogen (secondary N) is 1. The third-order valence-corrected chi connectivity index (χ3v) is 8.60. The molecule has 7 nitrogen and oxygen atoms in total. The predicted molar refractivity (Wildman–Crippen MR) is 109 cm³/mol. The number of aryl methyl sites for hydroxylation is 1. The Balaban J connectivity index is 1.70. The summed E-state index contributed by atoms with van der Waals surface area (Å²) in [6, 6.07) is 2.94. The molecule has 3 rings (SSSR count). The van der Waals surface area contributed by atoms with Crippen molar-refractivity contribution in [1.82, 2.24) is 14.2 Å². The lowest BCUT2D eigenvalue weighted by Crippen LogP contribution is -2.53. The Morgan fingerprint density at radius 1 is 1.18 bits per heavy atom. The Kier molecular flexibility index (Phi) is 5.90. The standard InChI is InChI=1S/C19H25N3O4S2/c1-12-17(15(4)23)13(2)20-18(12)19(24)14(3)21-7-9-22(10-8-21)28(25,26)16-6-5-11-27-16/h5-6,11,14,20H,7-10H2,1-4H3. The van der Waals surface area contributed by atoms with Crippen molar-refractivity contribution >= 4 is 32.9 Å². The Labute approximate surface area is 169 Å². The van der Waals surface area contributed by atoms with Gasteiger partial charge >= 0.3 is 0 Å². The van der Waals surface area contributed by atoms with Crippen molar-refractivity contribution in [1.29, 1.82) is 0 Å². The summed E-state index contributed by atoms with van der Waals surface area (Å²) < 4.78 is 27.1. The van der Waals surface area contributed by atoms with Gasteiger partial charge in [-0.3, -0.25) is 14.5 Å². The molecule has 0 bridgehead atoms. The van der Waals surface area contributed by atoms with Gasteiger partial charge in [-0.2, -0.15) is 4.31 Å². The monoisotopic (exact) mass is 423 g/mol. The fourth-order valence-corrected chi connectivity index (χ4v) is 6.33. The smallest absolute Gasteiger partial charge is 0.252 e. The lowest BCUT2D eigenvalue weighted by Gasteiger charge is -2.36. The van der Waals surface area contributed by atoms with Gasteiger partial charge in [-0.25, -0.2) is 8.42 Å². The molecule has 3 heterocycles. The van der Waals surface area contributed by atoms with Crippen LogP contribution in [0.25, 0.3) is 0 Å². The number of sulfonamides is 1. The Morgan fingerprint density at radius 2 is 1.82 bits per heavy atom. The summed E-state index contributed by atoms with van der Waals surface area (Å²) in [6.45, 7) is 8.55. The van der Waals surface area contributed by atoms with Crippen LogP contribution >= 0.6 is 11.3 Å². The van der Waals surface area contributed by atoms with Crippen molar-refractivity contribution in [3.8, 4) is 0 Å². The van der Waals surface area contributed by atoms with E-state index in [1.165, 1.54) is 22.6 Å². The minimum absolute atomic E-state index is 0.0645. The second kappa shape index (κ2) is 7.90. The molecule has 1 aliphatic rings. The van der Waals surface area contributed by atoms with Crippen molar-refractivity contribution in [2.24, 2.45) is 0 Å². The summed E-state index contributed by atoms with van der Waals surface area (Å²) >= 11 is 1.21. The zero-order valence-electron chi connectivity index (χ0n) is 16.5. The van der Waals surface area contributed by atoms with Crippen LogP contribution in [0.15, 0.2) is 21.7 Å². The van der Waals surface area contributed by atoms with E-state index >= 15 is 0 Å². The quantitative estimate of drug-likeness (QED) is 0.721. The van der Waals surface area contributed by atoms with Gasteiger partial charge in [0, 0.05) is 37.4 Å². The van der Waals surface area contributed by atoms with Gasteiger partial charge in [-0.05, 0) is 44.7 Å². The van der Waals surface area contributed by atoms with Crippen LogP contribution in [0.1, 0.15) is 46.0 Å². The van der Waals surface area contributed by atoms with Gasteiger partial charge < -0.3 is 4.98 Å². The Morgan fingerprint density at radius 3 is 2.32 bits per heavy atom. The second-order valence-electron chi connectivity index (χ2n) is 7.09. The molecule has 2 aromatic rings. The first kappa shape index (κ1) is 20.9. The largest absolute Gasteiger partial charge is 0.355 e. The van der Waals surface area contributed by atoms with E-state index < -0.39 is 16.1 Å². The van der Waals surface area contributed by atoms with Crippen LogP contribution in [-0.2, 0) is 10.0 Å². The normalized spacial score (nSPS) is 17.6. The molecule has 1 fully saturated rings. The van der Waals surface area contributed by atoms with Gasteiger partial charge in [0.2, 0.25) is 0 Å². The van der Waals surface area contributed by atoms with Crippen molar-refractivity contribution in [3.63, 3.8) is 0 Å². The van der Waals surface area contributed by atoms with E-state index in [9.17, 15) is 18.0 Å². The highest BCUT2D eigenvalue weighted by Crippen LogP contribution is 2.24. The molecule has 28 heavy (non-hydrogen) atoms. The predicted octanol–water partition coefficient (Wildman–Crippen LogP) is 2.47.